The van der Waals surface area contributed by atoms with Gasteiger partial charge in [-0.15, -0.1) is 0 Å². The minimum Gasteiger partial charge on any atom is -0.494 e. The fourth-order valence-corrected chi connectivity index (χ4v) is 4.51. The number of benzene rings is 3. The van der Waals surface area contributed by atoms with Gasteiger partial charge in [0.15, 0.2) is 0 Å². The summed E-state index contributed by atoms with van der Waals surface area (Å²) in [5.41, 5.74) is 2.70. The van der Waals surface area contributed by atoms with E-state index in [9.17, 15) is 9.59 Å². The van der Waals surface area contributed by atoms with Crippen LogP contribution in [0.5, 0.6) is 11.5 Å². The molecule has 200 valence electrons. The number of halogens is 1. The fourth-order valence-electron chi connectivity index (χ4n) is 4.21. The van der Waals surface area contributed by atoms with Crippen LogP contribution < -0.4 is 19.7 Å². The Hall–Kier alpha value is -3.71. The van der Waals surface area contributed by atoms with Crippen molar-refractivity contribution in [2.75, 3.05) is 49.6 Å². The van der Waals surface area contributed by atoms with Crippen molar-refractivity contribution < 1.29 is 19.1 Å². The Kier molecular flexibility index (Phi) is 9.49. The number of nitrogens with zero attached hydrogens (tertiary/aromatic N) is 2. The highest BCUT2D eigenvalue weighted by molar-refractivity contribution is 6.33. The van der Waals surface area contributed by atoms with Crippen LogP contribution in [0.25, 0.3) is 0 Å². The van der Waals surface area contributed by atoms with E-state index in [1.165, 1.54) is 0 Å². The topological polar surface area (TPSA) is 71.1 Å². The van der Waals surface area contributed by atoms with Crippen LogP contribution in [-0.4, -0.2) is 56.1 Å². The molecule has 4 rings (SSSR count). The summed E-state index contributed by atoms with van der Waals surface area (Å²) < 4.78 is 11.2. The highest BCUT2D eigenvalue weighted by Crippen LogP contribution is 2.30. The van der Waals surface area contributed by atoms with Crippen LogP contribution in [0.2, 0.25) is 5.02 Å². The summed E-state index contributed by atoms with van der Waals surface area (Å²) in [6, 6.07) is 19.9. The smallest absolute Gasteiger partial charge is 0.255 e. The third kappa shape index (κ3) is 6.98. The van der Waals surface area contributed by atoms with Crippen LogP contribution >= 0.6 is 11.6 Å². The molecule has 0 radical (unpaired) electrons. The molecule has 0 saturated carbocycles. The third-order valence-electron chi connectivity index (χ3n) is 6.28. The quantitative estimate of drug-likeness (QED) is 0.338. The first-order chi connectivity index (χ1) is 18.5. The maximum Gasteiger partial charge on any atom is 0.255 e. The van der Waals surface area contributed by atoms with E-state index in [1.807, 2.05) is 48.2 Å². The molecule has 0 aromatic heterocycles. The maximum atomic E-state index is 13.0. The van der Waals surface area contributed by atoms with E-state index in [0.29, 0.717) is 61.2 Å². The first-order valence-electron chi connectivity index (χ1n) is 13.1. The number of carbonyl (C=O) groups is 2. The number of carbonyl (C=O) groups excluding carboxylic acids is 2. The van der Waals surface area contributed by atoms with Crippen molar-refractivity contribution in [2.24, 2.45) is 0 Å². The Balaban J connectivity index is 1.31. The molecule has 0 unspecified atom stereocenters. The molecule has 0 aliphatic carbocycles. The van der Waals surface area contributed by atoms with E-state index in [-0.39, 0.29) is 11.8 Å². The Bertz CT molecular complexity index is 1220. The van der Waals surface area contributed by atoms with Crippen LogP contribution in [0.15, 0.2) is 66.7 Å². The van der Waals surface area contributed by atoms with E-state index in [4.69, 9.17) is 21.1 Å². The number of piperazine rings is 1. The van der Waals surface area contributed by atoms with Gasteiger partial charge >= 0.3 is 0 Å². The molecule has 1 fully saturated rings. The summed E-state index contributed by atoms with van der Waals surface area (Å²) in [5, 5.41) is 3.45. The largest absolute Gasteiger partial charge is 0.494 e. The second kappa shape index (κ2) is 13.2. The first-order valence-corrected chi connectivity index (χ1v) is 13.5. The van der Waals surface area contributed by atoms with Crippen LogP contribution in [0.1, 0.15) is 47.4 Å². The Morgan fingerprint density at radius 1 is 0.789 bits per heavy atom. The lowest BCUT2D eigenvalue weighted by molar-refractivity contribution is 0.0746. The zero-order chi connectivity index (χ0) is 26.9. The van der Waals surface area contributed by atoms with Crippen LogP contribution in [0, 0.1) is 0 Å². The van der Waals surface area contributed by atoms with Crippen molar-refractivity contribution in [2.45, 2.75) is 26.7 Å². The molecule has 1 N–H and O–H groups in total. The molecule has 0 spiro atoms. The number of anilines is 2. The minimum atomic E-state index is -0.215. The SMILES string of the molecule is CCCOc1ccc(C(=O)Nc2ccc(N3CCN(C(=O)c4ccc(OCCC)cc4)CC3)c(Cl)c2)cc1. The Morgan fingerprint density at radius 2 is 1.34 bits per heavy atom. The second-order valence-electron chi connectivity index (χ2n) is 9.15. The molecule has 3 aromatic rings. The molecule has 38 heavy (non-hydrogen) atoms. The molecule has 0 atom stereocenters. The lowest BCUT2D eigenvalue weighted by Gasteiger charge is -2.36. The zero-order valence-corrected chi connectivity index (χ0v) is 22.7. The summed E-state index contributed by atoms with van der Waals surface area (Å²) in [7, 11) is 0. The van der Waals surface area contributed by atoms with Gasteiger partial charge in [0.2, 0.25) is 0 Å². The summed E-state index contributed by atoms with van der Waals surface area (Å²) in [5.74, 6) is 1.32. The van der Waals surface area contributed by atoms with E-state index in [1.54, 1.807) is 30.3 Å². The number of hydrogen-bond donors (Lipinski definition) is 1. The van der Waals surface area contributed by atoms with Gasteiger partial charge in [-0.2, -0.15) is 0 Å². The number of hydrogen-bond acceptors (Lipinski definition) is 5. The first kappa shape index (κ1) is 27.3. The minimum absolute atomic E-state index is 0.0146. The molecular weight excluding hydrogens is 502 g/mol. The predicted octanol–water partition coefficient (Wildman–Crippen LogP) is 6.13. The molecule has 2 amide bonds. The third-order valence-corrected chi connectivity index (χ3v) is 6.58. The van der Waals surface area contributed by atoms with Crippen molar-refractivity contribution in [3.8, 4) is 11.5 Å². The van der Waals surface area contributed by atoms with Gasteiger partial charge in [-0.25, -0.2) is 0 Å². The standard InChI is InChI=1S/C30H34ClN3O4/c1-3-19-37-25-10-5-22(6-11-25)29(35)32-24-9-14-28(27(31)21-24)33-15-17-34(18-16-33)30(36)23-7-12-26(13-8-23)38-20-4-2/h5-14,21H,3-4,15-20H2,1-2H3,(H,32,35). The molecule has 7 nitrogen and oxygen atoms in total. The molecule has 1 aliphatic heterocycles. The molecule has 8 heteroatoms. The average molecular weight is 536 g/mol. The van der Waals surface area contributed by atoms with Gasteiger partial charge in [0, 0.05) is 43.0 Å². The molecule has 1 aliphatic rings. The number of amides is 2. The van der Waals surface area contributed by atoms with Gasteiger partial charge in [0.25, 0.3) is 11.8 Å². The predicted molar refractivity (Wildman–Crippen MR) is 152 cm³/mol. The number of ether oxygens (including phenoxy) is 2. The van der Waals surface area contributed by atoms with Gasteiger partial charge in [-0.05, 0) is 79.6 Å². The number of nitrogens with one attached hydrogen (secondary N) is 1. The molecule has 1 heterocycles. The van der Waals surface area contributed by atoms with E-state index in [2.05, 4.69) is 17.1 Å². The fraction of sp³-hybridized carbons (Fsp3) is 0.333. The summed E-state index contributed by atoms with van der Waals surface area (Å²) in [4.78, 5) is 29.6. The van der Waals surface area contributed by atoms with E-state index >= 15 is 0 Å². The highest BCUT2D eigenvalue weighted by Gasteiger charge is 2.23. The monoisotopic (exact) mass is 535 g/mol. The van der Waals surface area contributed by atoms with Gasteiger partial charge in [0.05, 0.1) is 23.9 Å². The lowest BCUT2D eigenvalue weighted by Crippen LogP contribution is -2.48. The molecule has 1 saturated heterocycles. The molecular formula is C30H34ClN3O4. The van der Waals surface area contributed by atoms with Crippen molar-refractivity contribution in [3.05, 3.63) is 82.9 Å². The zero-order valence-electron chi connectivity index (χ0n) is 21.9. The van der Waals surface area contributed by atoms with Crippen LogP contribution in [0.4, 0.5) is 11.4 Å². The normalized spacial score (nSPS) is 13.2. The van der Waals surface area contributed by atoms with Crippen molar-refractivity contribution >= 4 is 34.8 Å². The summed E-state index contributed by atoms with van der Waals surface area (Å²) in [6.45, 7) is 7.94. The van der Waals surface area contributed by atoms with Gasteiger partial charge in [0.1, 0.15) is 11.5 Å². The van der Waals surface area contributed by atoms with Gasteiger partial charge < -0.3 is 24.6 Å². The molecule has 0 bridgehead atoms. The maximum absolute atomic E-state index is 13.0. The Labute approximate surface area is 229 Å². The van der Waals surface area contributed by atoms with Crippen LogP contribution in [-0.2, 0) is 0 Å². The van der Waals surface area contributed by atoms with Gasteiger partial charge in [-0.3, -0.25) is 9.59 Å². The van der Waals surface area contributed by atoms with Crippen molar-refractivity contribution in [3.63, 3.8) is 0 Å². The van der Waals surface area contributed by atoms with Crippen LogP contribution in [0.3, 0.4) is 0 Å². The van der Waals surface area contributed by atoms with Gasteiger partial charge in [-0.1, -0.05) is 25.4 Å². The molecule has 3 aromatic carbocycles. The summed E-state index contributed by atoms with van der Waals surface area (Å²) >= 11 is 6.61. The Morgan fingerprint density at radius 3 is 1.87 bits per heavy atom. The van der Waals surface area contributed by atoms with E-state index < -0.39 is 0 Å². The second-order valence-corrected chi connectivity index (χ2v) is 9.55. The summed E-state index contributed by atoms with van der Waals surface area (Å²) in [6.07, 6.45) is 1.87. The number of rotatable bonds is 10. The highest BCUT2D eigenvalue weighted by atomic mass is 35.5. The van der Waals surface area contributed by atoms with Crippen molar-refractivity contribution in [1.82, 2.24) is 4.90 Å². The lowest BCUT2D eigenvalue weighted by atomic mass is 10.1. The van der Waals surface area contributed by atoms with E-state index in [0.717, 1.165) is 30.0 Å². The average Bonchev–Trinajstić information content (AvgIpc) is 2.95. The van der Waals surface area contributed by atoms with Crippen molar-refractivity contribution in [1.29, 1.82) is 0 Å².